The first kappa shape index (κ1) is 33.9. The molecule has 4 atom stereocenters. The SMILES string of the molecule is C[C@@H](c1ccccc1)N(CC(=O)N(C)C)C(=O)CCC(=O)N(Cc1csc(N)n1)[C@@H](CC1CCCCC1)[C@@H](O)[C@@H](O)C1CC1. The second-order valence-corrected chi connectivity index (χ2v) is 13.6. The van der Waals surface area contributed by atoms with Gasteiger partial charge in [0.1, 0.15) is 12.6 Å². The molecule has 0 spiro atoms. The van der Waals surface area contributed by atoms with Crippen LogP contribution in [0.1, 0.15) is 88.4 Å². The summed E-state index contributed by atoms with van der Waals surface area (Å²) in [6.07, 6.45) is 5.57. The Morgan fingerprint density at radius 2 is 1.59 bits per heavy atom. The number of likely N-dealkylation sites (N-methyl/N-ethyl adjacent to an activating group) is 1. The van der Waals surface area contributed by atoms with Gasteiger partial charge in [-0.1, -0.05) is 62.4 Å². The second-order valence-electron chi connectivity index (χ2n) is 12.7. The van der Waals surface area contributed by atoms with Crippen molar-refractivity contribution in [1.29, 1.82) is 0 Å². The number of rotatable bonds is 15. The lowest BCUT2D eigenvalue weighted by Gasteiger charge is -2.39. The van der Waals surface area contributed by atoms with Crippen LogP contribution in [0.3, 0.4) is 0 Å². The molecule has 0 radical (unpaired) electrons. The second kappa shape index (κ2) is 15.8. The van der Waals surface area contributed by atoms with Crippen molar-refractivity contribution < 1.29 is 24.6 Å². The van der Waals surface area contributed by atoms with E-state index in [2.05, 4.69) is 4.98 Å². The Labute approximate surface area is 265 Å². The largest absolute Gasteiger partial charge is 0.390 e. The number of nitrogens with two attached hydrogens (primary N) is 1. The van der Waals surface area contributed by atoms with Crippen molar-refractivity contribution >= 4 is 34.2 Å². The van der Waals surface area contributed by atoms with Gasteiger partial charge < -0.3 is 30.6 Å². The number of nitrogens with zero attached hydrogens (tertiary/aromatic N) is 4. The summed E-state index contributed by atoms with van der Waals surface area (Å²) >= 11 is 1.29. The van der Waals surface area contributed by atoms with E-state index in [0.29, 0.717) is 23.2 Å². The summed E-state index contributed by atoms with van der Waals surface area (Å²) in [5.74, 6) is -0.426. The average molecular weight is 628 g/mol. The van der Waals surface area contributed by atoms with Gasteiger partial charge in [0.2, 0.25) is 17.7 Å². The number of carbonyl (C=O) groups excluding carboxylic acids is 3. The maximum Gasteiger partial charge on any atom is 0.241 e. The van der Waals surface area contributed by atoms with E-state index in [1.807, 2.05) is 37.3 Å². The van der Waals surface area contributed by atoms with Crippen molar-refractivity contribution in [2.45, 2.75) is 102 Å². The lowest BCUT2D eigenvalue weighted by Crippen LogP contribution is -2.52. The molecule has 1 aromatic carbocycles. The third-order valence-corrected chi connectivity index (χ3v) is 9.92. The molecular formula is C33H49N5O5S. The molecule has 10 nitrogen and oxygen atoms in total. The van der Waals surface area contributed by atoms with Gasteiger partial charge in [0.05, 0.1) is 30.4 Å². The first-order valence-corrected chi connectivity index (χ1v) is 16.8. The maximum atomic E-state index is 14.1. The molecule has 11 heteroatoms. The fourth-order valence-corrected chi connectivity index (χ4v) is 6.81. The van der Waals surface area contributed by atoms with Crippen LogP contribution in [0.15, 0.2) is 35.7 Å². The lowest BCUT2D eigenvalue weighted by molar-refractivity contribution is -0.145. The number of nitrogen functional groups attached to an aromatic ring is 1. The molecule has 0 saturated heterocycles. The lowest BCUT2D eigenvalue weighted by atomic mass is 9.82. The van der Waals surface area contributed by atoms with Crippen molar-refractivity contribution in [3.8, 4) is 0 Å². The highest BCUT2D eigenvalue weighted by Crippen LogP contribution is 2.38. The first-order valence-electron chi connectivity index (χ1n) is 15.9. The summed E-state index contributed by atoms with van der Waals surface area (Å²) in [6.45, 7) is 1.91. The molecular weight excluding hydrogens is 578 g/mol. The Morgan fingerprint density at radius 1 is 0.955 bits per heavy atom. The molecule has 0 aliphatic heterocycles. The fraction of sp³-hybridized carbons (Fsp3) is 0.636. The number of anilines is 1. The van der Waals surface area contributed by atoms with Gasteiger partial charge in [0.25, 0.3) is 0 Å². The topological polar surface area (TPSA) is 140 Å². The van der Waals surface area contributed by atoms with Crippen LogP contribution in [-0.4, -0.2) is 86.5 Å². The zero-order valence-electron chi connectivity index (χ0n) is 26.3. The number of carbonyl (C=O) groups is 3. The number of benzene rings is 1. The molecule has 2 aliphatic rings. The van der Waals surface area contributed by atoms with Gasteiger partial charge in [-0.15, -0.1) is 11.3 Å². The molecule has 4 N–H and O–H groups in total. The Bertz CT molecular complexity index is 1230. The standard InChI is InChI=1S/C33H49N5O5S/c1-22(24-12-8-5-9-13-24)37(20-30(41)36(2)3)28(39)16-17-29(40)38(19-26-21-44-33(34)35-26)27(18-23-10-6-4-7-11-23)32(43)31(42)25-14-15-25/h5,8-9,12-13,21-23,25,27,31-32,42-43H,4,6-7,10-11,14-20H2,1-3H3,(H2,34,35)/t22-,27-,31-,32+/m0/s1. The summed E-state index contributed by atoms with van der Waals surface area (Å²) in [5.41, 5.74) is 7.42. The van der Waals surface area contributed by atoms with Crippen molar-refractivity contribution in [2.75, 3.05) is 26.4 Å². The highest BCUT2D eigenvalue weighted by Gasteiger charge is 2.42. The third kappa shape index (κ3) is 9.25. The molecule has 0 bridgehead atoms. The Hall–Kier alpha value is -3.02. The molecule has 0 unspecified atom stereocenters. The van der Waals surface area contributed by atoms with Crippen molar-refractivity contribution in [3.05, 3.63) is 47.0 Å². The van der Waals surface area contributed by atoms with E-state index < -0.39 is 18.2 Å². The summed E-state index contributed by atoms with van der Waals surface area (Å²) in [4.78, 5) is 49.5. The molecule has 1 aromatic heterocycles. The number of aliphatic hydroxyl groups is 2. The third-order valence-electron chi connectivity index (χ3n) is 9.20. The quantitative estimate of drug-likeness (QED) is 0.271. The molecule has 44 heavy (non-hydrogen) atoms. The van der Waals surface area contributed by atoms with Crippen molar-refractivity contribution in [1.82, 2.24) is 19.7 Å². The minimum absolute atomic E-state index is 0.0366. The van der Waals surface area contributed by atoms with E-state index in [1.165, 1.54) is 27.6 Å². The maximum absolute atomic E-state index is 14.1. The highest BCUT2D eigenvalue weighted by atomic mass is 32.1. The zero-order chi connectivity index (χ0) is 31.8. The van der Waals surface area contributed by atoms with Crippen LogP contribution in [-0.2, 0) is 20.9 Å². The van der Waals surface area contributed by atoms with Gasteiger partial charge in [0, 0.05) is 32.3 Å². The monoisotopic (exact) mass is 627 g/mol. The summed E-state index contributed by atoms with van der Waals surface area (Å²) < 4.78 is 0. The van der Waals surface area contributed by atoms with Crippen LogP contribution in [0.2, 0.25) is 0 Å². The van der Waals surface area contributed by atoms with Crippen molar-refractivity contribution in [2.24, 2.45) is 11.8 Å². The Balaban J connectivity index is 1.56. The smallest absolute Gasteiger partial charge is 0.241 e. The van der Waals surface area contributed by atoms with Gasteiger partial charge in [-0.25, -0.2) is 4.98 Å². The van der Waals surface area contributed by atoms with Crippen LogP contribution in [0.25, 0.3) is 0 Å². The minimum atomic E-state index is -1.10. The van der Waals surface area contributed by atoms with Gasteiger partial charge in [-0.2, -0.15) is 0 Å². The fourth-order valence-electron chi connectivity index (χ4n) is 6.26. The molecule has 2 saturated carbocycles. The zero-order valence-corrected chi connectivity index (χ0v) is 27.1. The van der Waals surface area contributed by atoms with Crippen LogP contribution in [0.5, 0.6) is 0 Å². The number of aromatic nitrogens is 1. The average Bonchev–Trinajstić information content (AvgIpc) is 3.80. The number of hydrogen-bond acceptors (Lipinski definition) is 8. The number of hydrogen-bond donors (Lipinski definition) is 3. The number of amides is 3. The van der Waals surface area contributed by atoms with Gasteiger partial charge in [-0.05, 0) is 43.6 Å². The van der Waals surface area contributed by atoms with E-state index in [4.69, 9.17) is 5.73 Å². The van der Waals surface area contributed by atoms with E-state index in [1.54, 1.807) is 24.4 Å². The van der Waals surface area contributed by atoms with Crippen LogP contribution in [0, 0.1) is 11.8 Å². The molecule has 2 aromatic rings. The highest BCUT2D eigenvalue weighted by molar-refractivity contribution is 7.13. The van der Waals surface area contributed by atoms with Gasteiger partial charge in [0.15, 0.2) is 5.13 Å². The van der Waals surface area contributed by atoms with E-state index in [9.17, 15) is 24.6 Å². The van der Waals surface area contributed by atoms with E-state index in [0.717, 1.165) is 44.1 Å². The van der Waals surface area contributed by atoms with E-state index in [-0.39, 0.29) is 55.6 Å². The predicted molar refractivity (Wildman–Crippen MR) is 171 cm³/mol. The molecule has 3 amide bonds. The predicted octanol–water partition coefficient (Wildman–Crippen LogP) is 3.98. The summed E-state index contributed by atoms with van der Waals surface area (Å²) in [5, 5.41) is 24.8. The molecule has 2 fully saturated rings. The Kier molecular flexibility index (Phi) is 12.2. The molecule has 1 heterocycles. The van der Waals surface area contributed by atoms with E-state index >= 15 is 0 Å². The molecule has 242 valence electrons. The number of thiazole rings is 1. The first-order chi connectivity index (χ1) is 21.0. The van der Waals surface area contributed by atoms with Gasteiger partial charge >= 0.3 is 0 Å². The van der Waals surface area contributed by atoms with Crippen LogP contribution < -0.4 is 5.73 Å². The number of aliphatic hydroxyl groups excluding tert-OH is 2. The summed E-state index contributed by atoms with van der Waals surface area (Å²) in [6, 6.07) is 8.53. The van der Waals surface area contributed by atoms with Crippen molar-refractivity contribution in [3.63, 3.8) is 0 Å². The summed E-state index contributed by atoms with van der Waals surface area (Å²) in [7, 11) is 3.30. The van der Waals surface area contributed by atoms with Gasteiger partial charge in [-0.3, -0.25) is 14.4 Å². The van der Waals surface area contributed by atoms with Crippen LogP contribution >= 0.6 is 11.3 Å². The minimum Gasteiger partial charge on any atom is -0.390 e. The normalized spacial score (nSPS) is 18.2. The Morgan fingerprint density at radius 3 is 2.16 bits per heavy atom. The molecule has 2 aliphatic carbocycles. The molecule has 4 rings (SSSR count). The van der Waals surface area contributed by atoms with Crippen LogP contribution in [0.4, 0.5) is 5.13 Å².